The lowest BCUT2D eigenvalue weighted by atomic mass is 9.95. The van der Waals surface area contributed by atoms with Crippen molar-refractivity contribution in [3.63, 3.8) is 0 Å². The van der Waals surface area contributed by atoms with Crippen molar-refractivity contribution in [2.75, 3.05) is 6.61 Å². The maximum atomic E-state index is 12.7. The molecule has 0 saturated carbocycles. The smallest absolute Gasteiger partial charge is 0.283 e. The van der Waals surface area contributed by atoms with Crippen LogP contribution >= 0.6 is 7.91 Å². The monoisotopic (exact) mass is 186 g/mol. The predicted octanol–water partition coefficient (Wildman–Crippen LogP) is 2.43. The van der Waals surface area contributed by atoms with Crippen LogP contribution in [0.2, 0.25) is 0 Å². The largest absolute Gasteiger partial charge is 0.515 e. The molecule has 0 amide bonds. The lowest BCUT2D eigenvalue weighted by molar-refractivity contribution is -0.106. The summed E-state index contributed by atoms with van der Waals surface area (Å²) in [5, 5.41) is 0. The Kier molecular flexibility index (Phi) is 2.07. The van der Waals surface area contributed by atoms with E-state index in [1.807, 2.05) is 0 Å². The van der Waals surface area contributed by atoms with Crippen LogP contribution in [0, 0.1) is 5.41 Å². The summed E-state index contributed by atoms with van der Waals surface area (Å²) in [7, 11) is -4.60. The first-order valence-corrected chi connectivity index (χ1v) is 4.54. The standard InChI is InChI=1S/C5H9F2O3P/c1-5(2)3-9-11(7,8)10-4(5)6/h4H,3H2,1-2H3. The zero-order valence-corrected chi connectivity index (χ0v) is 7.11. The molecule has 0 radical (unpaired) electrons. The molecule has 0 aromatic carbocycles. The molecule has 0 aromatic heterocycles. The van der Waals surface area contributed by atoms with Gasteiger partial charge in [-0.3, -0.25) is 4.52 Å². The highest BCUT2D eigenvalue weighted by molar-refractivity contribution is 7.48. The van der Waals surface area contributed by atoms with Crippen LogP contribution in [0.25, 0.3) is 0 Å². The molecule has 2 atom stereocenters. The van der Waals surface area contributed by atoms with E-state index in [2.05, 4.69) is 9.05 Å². The quantitative estimate of drug-likeness (QED) is 0.545. The van der Waals surface area contributed by atoms with Gasteiger partial charge in [0.25, 0.3) is 0 Å². The summed E-state index contributed by atoms with van der Waals surface area (Å²) in [5.74, 6) is 0. The highest BCUT2D eigenvalue weighted by Crippen LogP contribution is 2.57. The molecule has 1 heterocycles. The summed E-state index contributed by atoms with van der Waals surface area (Å²) in [5.41, 5.74) is -0.931. The van der Waals surface area contributed by atoms with Gasteiger partial charge in [-0.05, 0) is 0 Å². The third kappa shape index (κ3) is 1.98. The number of halogens is 2. The normalized spacial score (nSPS) is 43.8. The van der Waals surface area contributed by atoms with Gasteiger partial charge < -0.3 is 0 Å². The van der Waals surface area contributed by atoms with Crippen LogP contribution in [0.15, 0.2) is 0 Å². The molecule has 0 spiro atoms. The van der Waals surface area contributed by atoms with Crippen molar-refractivity contribution < 1.29 is 22.2 Å². The predicted molar refractivity (Wildman–Crippen MR) is 34.4 cm³/mol. The molecule has 3 nitrogen and oxygen atoms in total. The summed E-state index contributed by atoms with van der Waals surface area (Å²) in [6.45, 7) is 2.76. The van der Waals surface area contributed by atoms with Gasteiger partial charge in [0.1, 0.15) is 0 Å². The topological polar surface area (TPSA) is 35.5 Å². The minimum absolute atomic E-state index is 0.234. The molecular weight excluding hydrogens is 177 g/mol. The molecule has 1 aliphatic heterocycles. The Balaban J connectivity index is 2.70. The zero-order valence-electron chi connectivity index (χ0n) is 6.21. The first-order valence-electron chi connectivity index (χ1n) is 3.10. The second kappa shape index (κ2) is 2.51. The number of hydrogen-bond donors (Lipinski definition) is 0. The highest BCUT2D eigenvalue weighted by Gasteiger charge is 2.45. The van der Waals surface area contributed by atoms with Gasteiger partial charge in [0.2, 0.25) is 6.36 Å². The fourth-order valence-electron chi connectivity index (χ4n) is 0.593. The van der Waals surface area contributed by atoms with E-state index >= 15 is 0 Å². The molecule has 0 aliphatic carbocycles. The molecular formula is C5H9F2O3P. The van der Waals surface area contributed by atoms with Crippen molar-refractivity contribution in [2.45, 2.75) is 20.2 Å². The van der Waals surface area contributed by atoms with E-state index in [9.17, 15) is 13.2 Å². The third-order valence-corrected chi connectivity index (χ3v) is 2.30. The van der Waals surface area contributed by atoms with Gasteiger partial charge in [-0.25, -0.2) is 13.5 Å². The average Bonchev–Trinajstić information content (AvgIpc) is 1.81. The van der Waals surface area contributed by atoms with Gasteiger partial charge in [-0.2, -0.15) is 0 Å². The molecule has 6 heteroatoms. The Morgan fingerprint density at radius 3 is 2.55 bits per heavy atom. The Morgan fingerprint density at radius 1 is 1.64 bits per heavy atom. The highest BCUT2D eigenvalue weighted by atomic mass is 31.2. The number of hydrogen-bond acceptors (Lipinski definition) is 3. The van der Waals surface area contributed by atoms with Gasteiger partial charge in [-0.1, -0.05) is 13.8 Å². The maximum absolute atomic E-state index is 12.7. The fourth-order valence-corrected chi connectivity index (χ4v) is 1.65. The zero-order chi connectivity index (χ0) is 8.70. The fraction of sp³-hybridized carbons (Fsp3) is 1.00. The van der Waals surface area contributed by atoms with E-state index in [4.69, 9.17) is 0 Å². The van der Waals surface area contributed by atoms with Crippen LogP contribution in [0.3, 0.4) is 0 Å². The maximum Gasteiger partial charge on any atom is 0.515 e. The van der Waals surface area contributed by atoms with E-state index in [0.717, 1.165) is 0 Å². The lowest BCUT2D eigenvalue weighted by Crippen LogP contribution is -2.35. The molecule has 11 heavy (non-hydrogen) atoms. The molecule has 1 aliphatic rings. The summed E-state index contributed by atoms with van der Waals surface area (Å²) < 4.78 is 43.5. The molecule has 1 fully saturated rings. The third-order valence-electron chi connectivity index (χ3n) is 1.42. The second-order valence-electron chi connectivity index (χ2n) is 3.11. The van der Waals surface area contributed by atoms with E-state index in [1.165, 1.54) is 13.8 Å². The van der Waals surface area contributed by atoms with E-state index in [1.54, 1.807) is 0 Å². The minimum Gasteiger partial charge on any atom is -0.283 e. The molecule has 0 aromatic rings. The van der Waals surface area contributed by atoms with Crippen LogP contribution in [-0.2, 0) is 13.6 Å². The van der Waals surface area contributed by atoms with Crippen LogP contribution in [-0.4, -0.2) is 13.0 Å². The van der Waals surface area contributed by atoms with Gasteiger partial charge in [0, 0.05) is 5.41 Å². The summed E-state index contributed by atoms with van der Waals surface area (Å²) in [4.78, 5) is 0. The molecule has 0 N–H and O–H groups in total. The lowest BCUT2D eigenvalue weighted by Gasteiger charge is -2.33. The second-order valence-corrected chi connectivity index (χ2v) is 4.44. The minimum atomic E-state index is -4.60. The Bertz CT molecular complexity index is 206. The molecule has 2 unspecified atom stereocenters. The SMILES string of the molecule is CC1(C)COP(=O)(F)OC1F. The van der Waals surface area contributed by atoms with E-state index < -0.39 is 19.7 Å². The molecule has 1 saturated heterocycles. The number of alkyl halides is 1. The Labute approximate surface area is 63.3 Å². The van der Waals surface area contributed by atoms with Crippen molar-refractivity contribution >= 4 is 7.91 Å². The summed E-state index contributed by atoms with van der Waals surface area (Å²) in [6, 6.07) is 0. The number of rotatable bonds is 0. The van der Waals surface area contributed by atoms with E-state index in [-0.39, 0.29) is 6.61 Å². The van der Waals surface area contributed by atoms with Crippen LogP contribution in [0.1, 0.15) is 13.8 Å². The van der Waals surface area contributed by atoms with Gasteiger partial charge >= 0.3 is 7.91 Å². The first-order chi connectivity index (χ1) is 4.83. The van der Waals surface area contributed by atoms with Gasteiger partial charge in [0.05, 0.1) is 6.61 Å². The Morgan fingerprint density at radius 2 is 2.18 bits per heavy atom. The Hall–Kier alpha value is 0.01000. The van der Waals surface area contributed by atoms with Crippen LogP contribution in [0.5, 0.6) is 0 Å². The average molecular weight is 186 g/mol. The molecule has 1 rings (SSSR count). The van der Waals surface area contributed by atoms with Gasteiger partial charge in [-0.15, -0.1) is 4.20 Å². The van der Waals surface area contributed by atoms with Crippen molar-refractivity contribution in [2.24, 2.45) is 5.41 Å². The van der Waals surface area contributed by atoms with Gasteiger partial charge in [0.15, 0.2) is 0 Å². The van der Waals surface area contributed by atoms with Crippen molar-refractivity contribution in [3.05, 3.63) is 0 Å². The van der Waals surface area contributed by atoms with Crippen molar-refractivity contribution in [3.8, 4) is 0 Å². The van der Waals surface area contributed by atoms with Crippen LogP contribution in [0.4, 0.5) is 8.59 Å². The summed E-state index contributed by atoms with van der Waals surface area (Å²) in [6.07, 6.45) is -1.87. The van der Waals surface area contributed by atoms with Crippen LogP contribution < -0.4 is 0 Å². The van der Waals surface area contributed by atoms with E-state index in [0.29, 0.717) is 0 Å². The van der Waals surface area contributed by atoms with Crippen molar-refractivity contribution in [1.82, 2.24) is 0 Å². The molecule has 0 bridgehead atoms. The first kappa shape index (κ1) is 9.10. The van der Waals surface area contributed by atoms with Crippen molar-refractivity contribution in [1.29, 1.82) is 0 Å². The molecule has 66 valence electrons. The summed E-state index contributed by atoms with van der Waals surface area (Å²) >= 11 is 0.